The molecule has 2 rings (SSSR count). The van der Waals surface area contributed by atoms with Crippen molar-refractivity contribution in [3.8, 4) is 5.75 Å². The molecule has 98 valence electrons. The lowest BCUT2D eigenvalue weighted by Crippen LogP contribution is -2.14. The van der Waals surface area contributed by atoms with Crippen molar-refractivity contribution in [1.82, 2.24) is 0 Å². The van der Waals surface area contributed by atoms with Gasteiger partial charge in [0, 0.05) is 10.5 Å². The number of ether oxygens (including phenoxy) is 1. The molecule has 4 heteroatoms. The van der Waals surface area contributed by atoms with E-state index in [4.69, 9.17) is 4.74 Å². The van der Waals surface area contributed by atoms with Crippen molar-refractivity contribution in [3.63, 3.8) is 0 Å². The van der Waals surface area contributed by atoms with Crippen molar-refractivity contribution in [1.29, 1.82) is 0 Å². The minimum atomic E-state index is -0.169. The van der Waals surface area contributed by atoms with Crippen LogP contribution in [0.25, 0.3) is 0 Å². The monoisotopic (exact) mass is 273 g/mol. The van der Waals surface area contributed by atoms with E-state index in [-0.39, 0.29) is 5.91 Å². The summed E-state index contributed by atoms with van der Waals surface area (Å²) in [6, 6.07) is 12.8. The largest absolute Gasteiger partial charge is 0.495 e. The van der Waals surface area contributed by atoms with Gasteiger partial charge in [0.15, 0.2) is 0 Å². The van der Waals surface area contributed by atoms with Crippen LogP contribution in [-0.4, -0.2) is 13.0 Å². The number of amides is 1. The fourth-order valence-corrected chi connectivity index (χ4v) is 2.00. The van der Waals surface area contributed by atoms with E-state index < -0.39 is 0 Å². The van der Waals surface area contributed by atoms with E-state index in [2.05, 4.69) is 17.9 Å². The highest BCUT2D eigenvalue weighted by molar-refractivity contribution is 7.80. The fourth-order valence-electron chi connectivity index (χ4n) is 1.79. The number of carbonyl (C=O) groups is 1. The van der Waals surface area contributed by atoms with Gasteiger partial charge < -0.3 is 10.1 Å². The SMILES string of the molecule is COc1ccccc1NC(=O)c1cc(S)ccc1C. The highest BCUT2D eigenvalue weighted by atomic mass is 32.1. The lowest BCUT2D eigenvalue weighted by Gasteiger charge is -2.11. The van der Waals surface area contributed by atoms with Gasteiger partial charge in [-0.25, -0.2) is 0 Å². The lowest BCUT2D eigenvalue weighted by molar-refractivity contribution is 0.102. The van der Waals surface area contributed by atoms with Crippen molar-refractivity contribution in [2.45, 2.75) is 11.8 Å². The normalized spacial score (nSPS) is 10.1. The van der Waals surface area contributed by atoms with Crippen molar-refractivity contribution in [2.75, 3.05) is 12.4 Å². The number of hydrogen-bond donors (Lipinski definition) is 2. The zero-order valence-corrected chi connectivity index (χ0v) is 11.7. The van der Waals surface area contributed by atoms with Gasteiger partial charge in [-0.05, 0) is 36.8 Å². The van der Waals surface area contributed by atoms with E-state index in [0.29, 0.717) is 17.0 Å². The minimum absolute atomic E-state index is 0.169. The third-order valence-electron chi connectivity index (χ3n) is 2.82. The topological polar surface area (TPSA) is 38.3 Å². The summed E-state index contributed by atoms with van der Waals surface area (Å²) >= 11 is 4.26. The smallest absolute Gasteiger partial charge is 0.256 e. The Labute approximate surface area is 118 Å². The van der Waals surface area contributed by atoms with Gasteiger partial charge in [-0.3, -0.25) is 4.79 Å². The first-order chi connectivity index (χ1) is 9.11. The van der Waals surface area contributed by atoms with Gasteiger partial charge in [-0.2, -0.15) is 0 Å². The van der Waals surface area contributed by atoms with E-state index in [0.717, 1.165) is 10.5 Å². The second-order valence-electron chi connectivity index (χ2n) is 4.15. The maximum Gasteiger partial charge on any atom is 0.256 e. The Bertz CT molecular complexity index is 611. The van der Waals surface area contributed by atoms with Gasteiger partial charge in [0.05, 0.1) is 12.8 Å². The van der Waals surface area contributed by atoms with Crippen LogP contribution in [0.4, 0.5) is 5.69 Å². The van der Waals surface area contributed by atoms with E-state index in [1.807, 2.05) is 31.2 Å². The Morgan fingerprint density at radius 3 is 2.68 bits per heavy atom. The molecule has 0 aromatic heterocycles. The maximum absolute atomic E-state index is 12.3. The van der Waals surface area contributed by atoms with Crippen LogP contribution < -0.4 is 10.1 Å². The summed E-state index contributed by atoms with van der Waals surface area (Å²) in [7, 11) is 1.57. The predicted octanol–water partition coefficient (Wildman–Crippen LogP) is 3.54. The molecule has 0 aliphatic heterocycles. The molecule has 0 radical (unpaired) electrons. The number of rotatable bonds is 3. The summed E-state index contributed by atoms with van der Waals surface area (Å²) < 4.78 is 5.21. The molecule has 1 amide bonds. The first kappa shape index (κ1) is 13.5. The third kappa shape index (κ3) is 3.09. The average Bonchev–Trinajstić information content (AvgIpc) is 2.42. The quantitative estimate of drug-likeness (QED) is 0.839. The molecule has 1 N–H and O–H groups in total. The molecule has 0 saturated heterocycles. The molecule has 2 aromatic carbocycles. The molecule has 0 atom stereocenters. The molecular formula is C15H15NO2S. The van der Waals surface area contributed by atoms with E-state index in [9.17, 15) is 4.79 Å². The molecular weight excluding hydrogens is 258 g/mol. The van der Waals surface area contributed by atoms with Crippen LogP contribution in [0.2, 0.25) is 0 Å². The summed E-state index contributed by atoms with van der Waals surface area (Å²) in [6.45, 7) is 1.89. The Kier molecular flexibility index (Phi) is 4.12. The minimum Gasteiger partial charge on any atom is -0.495 e. The summed E-state index contributed by atoms with van der Waals surface area (Å²) in [5.74, 6) is 0.466. The second kappa shape index (κ2) is 5.80. The molecule has 0 bridgehead atoms. The van der Waals surface area contributed by atoms with Gasteiger partial charge in [0.2, 0.25) is 0 Å². The first-order valence-corrected chi connectivity index (χ1v) is 6.30. The zero-order chi connectivity index (χ0) is 13.8. The molecule has 0 unspecified atom stereocenters. The van der Waals surface area contributed by atoms with Crippen molar-refractivity contribution >= 4 is 24.2 Å². The fraction of sp³-hybridized carbons (Fsp3) is 0.133. The molecule has 2 aromatic rings. The van der Waals surface area contributed by atoms with Crippen LogP contribution >= 0.6 is 12.6 Å². The second-order valence-corrected chi connectivity index (χ2v) is 4.67. The summed E-state index contributed by atoms with van der Waals surface area (Å²) in [5, 5.41) is 2.85. The van der Waals surface area contributed by atoms with E-state index in [1.54, 1.807) is 25.3 Å². The molecule has 0 spiro atoms. The number of benzene rings is 2. The average molecular weight is 273 g/mol. The van der Waals surface area contributed by atoms with Crippen LogP contribution in [0.15, 0.2) is 47.4 Å². The standard InChI is InChI=1S/C15H15NO2S/c1-10-7-8-11(19)9-12(10)15(17)16-13-5-3-4-6-14(13)18-2/h3-9,19H,1-2H3,(H,16,17). The zero-order valence-electron chi connectivity index (χ0n) is 10.8. The molecule has 19 heavy (non-hydrogen) atoms. The number of methoxy groups -OCH3 is 1. The van der Waals surface area contributed by atoms with Crippen molar-refractivity contribution < 1.29 is 9.53 Å². The summed E-state index contributed by atoms with van der Waals surface area (Å²) in [5.41, 5.74) is 2.17. The summed E-state index contributed by atoms with van der Waals surface area (Å²) in [4.78, 5) is 13.0. The van der Waals surface area contributed by atoms with E-state index in [1.165, 1.54) is 0 Å². The molecule has 3 nitrogen and oxygen atoms in total. The van der Waals surface area contributed by atoms with Gasteiger partial charge >= 0.3 is 0 Å². The highest BCUT2D eigenvalue weighted by Gasteiger charge is 2.11. The van der Waals surface area contributed by atoms with Crippen LogP contribution in [0.3, 0.4) is 0 Å². The van der Waals surface area contributed by atoms with Crippen molar-refractivity contribution in [3.05, 3.63) is 53.6 Å². The molecule has 0 aliphatic carbocycles. The van der Waals surface area contributed by atoms with Gasteiger partial charge in [0.25, 0.3) is 5.91 Å². The highest BCUT2D eigenvalue weighted by Crippen LogP contribution is 2.24. The number of nitrogens with one attached hydrogen (secondary N) is 1. The van der Waals surface area contributed by atoms with Gasteiger partial charge in [-0.1, -0.05) is 18.2 Å². The van der Waals surface area contributed by atoms with Crippen LogP contribution in [0.5, 0.6) is 5.75 Å². The Morgan fingerprint density at radius 2 is 1.95 bits per heavy atom. The number of carbonyl (C=O) groups excluding carboxylic acids is 1. The molecule has 0 aliphatic rings. The number of hydrogen-bond acceptors (Lipinski definition) is 3. The molecule has 0 saturated carbocycles. The molecule has 0 fully saturated rings. The van der Waals surface area contributed by atoms with Gasteiger partial charge in [-0.15, -0.1) is 12.6 Å². The lowest BCUT2D eigenvalue weighted by atomic mass is 10.1. The number of anilines is 1. The predicted molar refractivity (Wildman–Crippen MR) is 79.4 cm³/mol. The Morgan fingerprint density at radius 1 is 1.21 bits per heavy atom. The number of thiol groups is 1. The Balaban J connectivity index is 2.28. The Hall–Kier alpha value is -1.94. The third-order valence-corrected chi connectivity index (χ3v) is 3.10. The number of para-hydroxylation sites is 2. The summed E-state index contributed by atoms with van der Waals surface area (Å²) in [6.07, 6.45) is 0. The molecule has 0 heterocycles. The van der Waals surface area contributed by atoms with Gasteiger partial charge in [0.1, 0.15) is 5.75 Å². The van der Waals surface area contributed by atoms with Crippen LogP contribution in [-0.2, 0) is 0 Å². The van der Waals surface area contributed by atoms with Crippen molar-refractivity contribution in [2.24, 2.45) is 0 Å². The van der Waals surface area contributed by atoms with Crippen LogP contribution in [0.1, 0.15) is 15.9 Å². The maximum atomic E-state index is 12.3. The van der Waals surface area contributed by atoms with E-state index >= 15 is 0 Å². The first-order valence-electron chi connectivity index (χ1n) is 5.86. The van der Waals surface area contributed by atoms with Crippen LogP contribution in [0, 0.1) is 6.92 Å². The number of aryl methyl sites for hydroxylation is 1.